The maximum absolute atomic E-state index is 12.5. The van der Waals surface area contributed by atoms with Crippen LogP contribution in [0.15, 0.2) is 66.7 Å². The van der Waals surface area contributed by atoms with Crippen LogP contribution >= 0.6 is 11.6 Å². The number of aliphatic hydroxyl groups excluding tert-OH is 2. The summed E-state index contributed by atoms with van der Waals surface area (Å²) in [5, 5.41) is 36.3. The van der Waals surface area contributed by atoms with Crippen LogP contribution in [-0.4, -0.2) is 33.8 Å². The minimum Gasteiger partial charge on any atom is -0.508 e. The number of phenols is 1. The summed E-state index contributed by atoms with van der Waals surface area (Å²) in [7, 11) is 0. The van der Waals surface area contributed by atoms with Gasteiger partial charge in [0.1, 0.15) is 5.75 Å². The molecule has 0 spiro atoms. The highest BCUT2D eigenvalue weighted by molar-refractivity contribution is 6.30. The van der Waals surface area contributed by atoms with Crippen molar-refractivity contribution in [3.8, 4) is 5.75 Å². The van der Waals surface area contributed by atoms with Crippen LogP contribution in [0.1, 0.15) is 45.6 Å². The Balaban J connectivity index is 1.51. The summed E-state index contributed by atoms with van der Waals surface area (Å²) in [6.45, 7) is 2.46. The first-order valence-corrected chi connectivity index (χ1v) is 11.2. The van der Waals surface area contributed by atoms with Crippen LogP contribution < -0.4 is 10.6 Å². The van der Waals surface area contributed by atoms with Crippen molar-refractivity contribution >= 4 is 17.5 Å². The van der Waals surface area contributed by atoms with Gasteiger partial charge >= 0.3 is 0 Å². The van der Waals surface area contributed by atoms with Gasteiger partial charge in [0.25, 0.3) is 5.91 Å². The fourth-order valence-corrected chi connectivity index (χ4v) is 3.65. The molecule has 0 aliphatic rings. The van der Waals surface area contributed by atoms with Crippen molar-refractivity contribution in [3.05, 3.63) is 99.6 Å². The lowest BCUT2D eigenvalue weighted by atomic mass is 10.0. The standard InChI is InChI=1S/C26H29ClN2O4/c1-17(28-15-25(32)20-7-10-24(31)22(13-20)16-30)11-19-3-2-4-21(12-19)26(33)29-14-18-5-8-23(27)9-6-18/h2-10,12-13,17,25,28,30-32H,11,14-16H2,1H3,(H,29,33)/t17-,25-/m1/s1. The van der Waals surface area contributed by atoms with Crippen LogP contribution in [0.4, 0.5) is 0 Å². The van der Waals surface area contributed by atoms with Gasteiger partial charge in [0.2, 0.25) is 0 Å². The molecular weight excluding hydrogens is 440 g/mol. The molecule has 0 aromatic heterocycles. The van der Waals surface area contributed by atoms with Gasteiger partial charge in [-0.1, -0.05) is 41.9 Å². The molecule has 0 aliphatic carbocycles. The van der Waals surface area contributed by atoms with E-state index < -0.39 is 6.10 Å². The number of aromatic hydroxyl groups is 1. The lowest BCUT2D eigenvalue weighted by Crippen LogP contribution is -2.32. The molecule has 7 heteroatoms. The fourth-order valence-electron chi connectivity index (χ4n) is 3.52. The molecule has 2 atom stereocenters. The van der Waals surface area contributed by atoms with Gasteiger partial charge in [0.05, 0.1) is 12.7 Å². The molecule has 3 rings (SSSR count). The van der Waals surface area contributed by atoms with Crippen LogP contribution in [0.25, 0.3) is 0 Å². The first-order valence-electron chi connectivity index (χ1n) is 10.8. The maximum atomic E-state index is 12.5. The van der Waals surface area contributed by atoms with E-state index in [9.17, 15) is 20.1 Å². The number of aliphatic hydroxyl groups is 2. The zero-order valence-corrected chi connectivity index (χ0v) is 19.2. The predicted molar refractivity (Wildman–Crippen MR) is 129 cm³/mol. The molecule has 5 N–H and O–H groups in total. The number of nitrogens with one attached hydrogen (secondary N) is 2. The quantitative estimate of drug-likeness (QED) is 0.312. The Morgan fingerprint density at radius 2 is 1.79 bits per heavy atom. The van der Waals surface area contributed by atoms with Crippen molar-refractivity contribution < 1.29 is 20.1 Å². The highest BCUT2D eigenvalue weighted by Crippen LogP contribution is 2.22. The van der Waals surface area contributed by atoms with E-state index in [0.717, 1.165) is 11.1 Å². The second-order valence-corrected chi connectivity index (χ2v) is 8.52. The number of carbonyl (C=O) groups is 1. The molecule has 0 saturated heterocycles. The van der Waals surface area contributed by atoms with Crippen LogP contribution in [0.2, 0.25) is 5.02 Å². The molecule has 33 heavy (non-hydrogen) atoms. The molecule has 6 nitrogen and oxygen atoms in total. The molecule has 0 bridgehead atoms. The Labute approximate surface area is 198 Å². The van der Waals surface area contributed by atoms with Crippen LogP contribution in [0, 0.1) is 0 Å². The van der Waals surface area contributed by atoms with E-state index in [1.807, 2.05) is 37.3 Å². The van der Waals surface area contributed by atoms with Gasteiger partial charge < -0.3 is 26.0 Å². The second kappa shape index (κ2) is 11.8. The Kier molecular flexibility index (Phi) is 8.86. The Bertz CT molecular complexity index is 1070. The monoisotopic (exact) mass is 468 g/mol. The average Bonchev–Trinajstić information content (AvgIpc) is 2.82. The summed E-state index contributed by atoms with van der Waals surface area (Å²) in [4.78, 5) is 12.5. The first kappa shape index (κ1) is 24.7. The summed E-state index contributed by atoms with van der Waals surface area (Å²) in [5.74, 6) is -0.137. The normalized spacial score (nSPS) is 12.8. The topological polar surface area (TPSA) is 102 Å². The van der Waals surface area contributed by atoms with Gasteiger partial charge in [-0.3, -0.25) is 4.79 Å². The van der Waals surface area contributed by atoms with Crippen molar-refractivity contribution in [3.63, 3.8) is 0 Å². The van der Waals surface area contributed by atoms with E-state index in [1.54, 1.807) is 30.3 Å². The number of carbonyl (C=O) groups excluding carboxylic acids is 1. The van der Waals surface area contributed by atoms with E-state index in [0.29, 0.717) is 41.2 Å². The van der Waals surface area contributed by atoms with Crippen molar-refractivity contribution in [1.82, 2.24) is 10.6 Å². The Hall–Kier alpha value is -2.90. The zero-order chi connectivity index (χ0) is 23.8. The van der Waals surface area contributed by atoms with Gasteiger partial charge in [-0.2, -0.15) is 0 Å². The van der Waals surface area contributed by atoms with Crippen LogP contribution in [0.3, 0.4) is 0 Å². The molecular formula is C26H29ClN2O4. The SMILES string of the molecule is C[C@H](Cc1cccc(C(=O)NCc2ccc(Cl)cc2)c1)NC[C@@H](O)c1ccc(O)c(CO)c1. The molecule has 0 fully saturated rings. The Morgan fingerprint density at radius 3 is 2.52 bits per heavy atom. The maximum Gasteiger partial charge on any atom is 0.251 e. The van der Waals surface area contributed by atoms with E-state index in [1.165, 1.54) is 6.07 Å². The average molecular weight is 469 g/mol. The Morgan fingerprint density at radius 1 is 1.03 bits per heavy atom. The smallest absolute Gasteiger partial charge is 0.251 e. The molecule has 0 saturated carbocycles. The molecule has 3 aromatic rings. The van der Waals surface area contributed by atoms with Crippen molar-refractivity contribution in [1.29, 1.82) is 0 Å². The third-order valence-corrected chi connectivity index (χ3v) is 5.67. The van der Waals surface area contributed by atoms with Crippen molar-refractivity contribution in [2.24, 2.45) is 0 Å². The third-order valence-electron chi connectivity index (χ3n) is 5.42. The van der Waals surface area contributed by atoms with Gasteiger partial charge in [-0.25, -0.2) is 0 Å². The molecule has 174 valence electrons. The summed E-state index contributed by atoms with van der Waals surface area (Å²) in [6.07, 6.45) is -0.0917. The summed E-state index contributed by atoms with van der Waals surface area (Å²) in [5.41, 5.74) is 3.58. The molecule has 3 aromatic carbocycles. The van der Waals surface area contributed by atoms with Crippen molar-refractivity contribution in [2.75, 3.05) is 6.54 Å². The first-order chi connectivity index (χ1) is 15.9. The van der Waals surface area contributed by atoms with Gasteiger partial charge in [0.15, 0.2) is 0 Å². The number of hydrogen-bond donors (Lipinski definition) is 5. The number of benzene rings is 3. The highest BCUT2D eigenvalue weighted by atomic mass is 35.5. The molecule has 1 amide bonds. The number of rotatable bonds is 10. The molecule has 0 heterocycles. The third kappa shape index (κ3) is 7.30. The highest BCUT2D eigenvalue weighted by Gasteiger charge is 2.13. The van der Waals surface area contributed by atoms with Crippen LogP contribution in [-0.2, 0) is 19.6 Å². The van der Waals surface area contributed by atoms with E-state index in [4.69, 9.17) is 11.6 Å². The summed E-state index contributed by atoms with van der Waals surface area (Å²) >= 11 is 5.89. The number of amides is 1. The summed E-state index contributed by atoms with van der Waals surface area (Å²) < 4.78 is 0. The summed E-state index contributed by atoms with van der Waals surface area (Å²) in [6, 6.07) is 19.6. The van der Waals surface area contributed by atoms with E-state index in [-0.39, 0.29) is 24.3 Å². The number of halogens is 1. The molecule has 0 radical (unpaired) electrons. The van der Waals surface area contributed by atoms with Gasteiger partial charge in [0, 0.05) is 35.3 Å². The predicted octanol–water partition coefficient (Wildman–Crippen LogP) is 3.72. The van der Waals surface area contributed by atoms with Gasteiger partial charge in [-0.15, -0.1) is 0 Å². The fraction of sp³-hybridized carbons (Fsp3) is 0.269. The molecule has 0 aliphatic heterocycles. The van der Waals surface area contributed by atoms with Crippen LogP contribution in [0.5, 0.6) is 5.75 Å². The van der Waals surface area contributed by atoms with E-state index >= 15 is 0 Å². The largest absolute Gasteiger partial charge is 0.508 e. The molecule has 0 unspecified atom stereocenters. The minimum atomic E-state index is -0.775. The minimum absolute atomic E-state index is 0.00635. The zero-order valence-electron chi connectivity index (χ0n) is 18.5. The van der Waals surface area contributed by atoms with Gasteiger partial charge in [-0.05, 0) is 66.4 Å². The second-order valence-electron chi connectivity index (χ2n) is 8.09. The van der Waals surface area contributed by atoms with Crippen molar-refractivity contribution in [2.45, 2.75) is 38.6 Å². The lowest BCUT2D eigenvalue weighted by Gasteiger charge is -2.18. The van der Waals surface area contributed by atoms with E-state index in [2.05, 4.69) is 10.6 Å². The lowest BCUT2D eigenvalue weighted by molar-refractivity contribution is 0.0950. The number of hydrogen-bond acceptors (Lipinski definition) is 5.